The normalized spacial score (nSPS) is 10.9. The second-order valence-electron chi connectivity index (χ2n) is 11.0. The fraction of sp³-hybridized carbons (Fsp3) is 0.167. The van der Waals surface area contributed by atoms with Gasteiger partial charge in [0.15, 0.2) is 0 Å². The van der Waals surface area contributed by atoms with Crippen LogP contribution in [0.1, 0.15) is 44.9 Å². The standard InChI is InChI=1S/C36H34N8O2/c1-25-9-3-5-11-29(25)39-35(45)33-23-31(27-13-17-37-18-14-27)41-43(33)21-7-8-22-44-34(24-32(42-44)28-15-19-38-20-16-28)36(46)40-30-12-6-4-10-26(30)2/h3-6,9-20,23-24H,7-8,21-22H2,1-2H3,(H,39,45)(H,40,46). The van der Waals surface area contributed by atoms with Crippen molar-refractivity contribution in [2.75, 3.05) is 10.6 Å². The third kappa shape index (κ3) is 6.91. The number of aryl methyl sites for hydroxylation is 4. The zero-order valence-electron chi connectivity index (χ0n) is 25.7. The minimum atomic E-state index is -0.230. The number of para-hydroxylation sites is 2. The lowest BCUT2D eigenvalue weighted by molar-refractivity contribution is 0.100. The van der Waals surface area contributed by atoms with E-state index in [4.69, 9.17) is 10.2 Å². The van der Waals surface area contributed by atoms with Gasteiger partial charge in [0.25, 0.3) is 11.8 Å². The summed E-state index contributed by atoms with van der Waals surface area (Å²) in [7, 11) is 0. The number of nitrogens with one attached hydrogen (secondary N) is 2. The molecule has 0 radical (unpaired) electrons. The van der Waals surface area contributed by atoms with Gasteiger partial charge in [0.05, 0.1) is 11.4 Å². The maximum atomic E-state index is 13.5. The molecule has 0 aliphatic heterocycles. The Labute approximate surface area is 267 Å². The van der Waals surface area contributed by atoms with Crippen molar-refractivity contribution in [1.82, 2.24) is 29.5 Å². The van der Waals surface area contributed by atoms with Crippen molar-refractivity contribution in [1.29, 1.82) is 0 Å². The number of aromatic nitrogens is 6. The van der Waals surface area contributed by atoms with Crippen molar-refractivity contribution in [3.8, 4) is 22.5 Å². The lowest BCUT2D eigenvalue weighted by atomic mass is 10.2. The molecule has 6 rings (SSSR count). The van der Waals surface area contributed by atoms with Crippen LogP contribution in [0.5, 0.6) is 0 Å². The molecule has 0 aliphatic rings. The van der Waals surface area contributed by atoms with Crippen LogP contribution in [0.15, 0.2) is 110 Å². The van der Waals surface area contributed by atoms with Crippen molar-refractivity contribution >= 4 is 23.2 Å². The van der Waals surface area contributed by atoms with Gasteiger partial charge in [-0.1, -0.05) is 36.4 Å². The number of carbonyl (C=O) groups excluding carboxylic acids is 2. The van der Waals surface area contributed by atoms with Crippen molar-refractivity contribution < 1.29 is 9.59 Å². The van der Waals surface area contributed by atoms with Crippen LogP contribution in [0.3, 0.4) is 0 Å². The molecule has 6 aromatic rings. The van der Waals surface area contributed by atoms with Crippen LogP contribution in [0.25, 0.3) is 22.5 Å². The molecule has 10 nitrogen and oxygen atoms in total. The van der Waals surface area contributed by atoms with E-state index in [-0.39, 0.29) is 11.8 Å². The van der Waals surface area contributed by atoms with Gasteiger partial charge in [-0.25, -0.2) is 0 Å². The number of unbranched alkanes of at least 4 members (excludes halogenated alkanes) is 1. The Morgan fingerprint density at radius 2 is 0.978 bits per heavy atom. The molecule has 0 spiro atoms. The maximum absolute atomic E-state index is 13.5. The molecule has 0 bridgehead atoms. The maximum Gasteiger partial charge on any atom is 0.273 e. The highest BCUT2D eigenvalue weighted by atomic mass is 16.2. The molecule has 46 heavy (non-hydrogen) atoms. The first-order valence-electron chi connectivity index (χ1n) is 15.2. The Morgan fingerprint density at radius 3 is 1.37 bits per heavy atom. The highest BCUT2D eigenvalue weighted by molar-refractivity contribution is 6.04. The smallest absolute Gasteiger partial charge is 0.273 e. The van der Waals surface area contributed by atoms with E-state index < -0.39 is 0 Å². The Balaban J connectivity index is 1.20. The molecule has 0 aliphatic carbocycles. The molecule has 0 saturated heterocycles. The molecule has 230 valence electrons. The molecule has 2 aromatic carbocycles. The van der Waals surface area contributed by atoms with Crippen LogP contribution in [0, 0.1) is 13.8 Å². The first-order chi connectivity index (χ1) is 22.5. The third-order valence-electron chi connectivity index (χ3n) is 7.75. The number of rotatable bonds is 11. The molecule has 10 heteroatoms. The SMILES string of the molecule is Cc1ccccc1NC(=O)c1cc(-c2ccncc2)nn1CCCCn1nc(-c2ccncc2)cc1C(=O)Nc1ccccc1C. The number of benzene rings is 2. The van der Waals surface area contributed by atoms with Crippen LogP contribution in [0.2, 0.25) is 0 Å². The predicted molar refractivity (Wildman–Crippen MR) is 178 cm³/mol. The summed E-state index contributed by atoms with van der Waals surface area (Å²) < 4.78 is 3.50. The van der Waals surface area contributed by atoms with Gasteiger partial charge in [-0.05, 0) is 86.3 Å². The van der Waals surface area contributed by atoms with Crippen LogP contribution in [0.4, 0.5) is 11.4 Å². The van der Waals surface area contributed by atoms with Gasteiger partial charge in [0.2, 0.25) is 0 Å². The second kappa shape index (κ2) is 13.8. The lowest BCUT2D eigenvalue weighted by Crippen LogP contribution is -2.19. The summed E-state index contributed by atoms with van der Waals surface area (Å²) in [6, 6.07) is 26.5. The predicted octanol–water partition coefficient (Wildman–Crippen LogP) is 6.81. The summed E-state index contributed by atoms with van der Waals surface area (Å²) >= 11 is 0. The molecule has 2 N–H and O–H groups in total. The minimum absolute atomic E-state index is 0.230. The Kier molecular flexibility index (Phi) is 9.05. The summed E-state index contributed by atoms with van der Waals surface area (Å²) in [6.07, 6.45) is 8.23. The van der Waals surface area contributed by atoms with Gasteiger partial charge in [0.1, 0.15) is 11.4 Å². The molecule has 4 aromatic heterocycles. The largest absolute Gasteiger partial charge is 0.320 e. The number of hydrogen-bond acceptors (Lipinski definition) is 6. The van der Waals surface area contributed by atoms with E-state index in [0.717, 1.165) is 33.6 Å². The minimum Gasteiger partial charge on any atom is -0.320 e. The number of pyridine rings is 2. The van der Waals surface area contributed by atoms with Gasteiger partial charge >= 0.3 is 0 Å². The summed E-state index contributed by atoms with van der Waals surface area (Å²) in [5, 5.41) is 15.7. The highest BCUT2D eigenvalue weighted by Gasteiger charge is 2.19. The van der Waals surface area contributed by atoms with Gasteiger partial charge in [-0.2, -0.15) is 10.2 Å². The average molecular weight is 611 g/mol. The monoisotopic (exact) mass is 610 g/mol. The number of amides is 2. The van der Waals surface area contributed by atoms with E-state index in [1.807, 2.05) is 98.8 Å². The molecular weight excluding hydrogens is 576 g/mol. The second-order valence-corrected chi connectivity index (χ2v) is 11.0. The van der Waals surface area contributed by atoms with Crippen molar-refractivity contribution in [2.45, 2.75) is 39.8 Å². The van der Waals surface area contributed by atoms with Gasteiger partial charge in [-0.3, -0.25) is 28.9 Å². The molecule has 2 amide bonds. The molecule has 0 fully saturated rings. The van der Waals surface area contributed by atoms with Crippen LogP contribution in [-0.2, 0) is 13.1 Å². The summed E-state index contributed by atoms with van der Waals surface area (Å²) in [4.78, 5) is 35.1. The van der Waals surface area contributed by atoms with Crippen molar-refractivity contribution in [3.63, 3.8) is 0 Å². The summed E-state index contributed by atoms with van der Waals surface area (Å²) in [5.41, 5.74) is 7.54. The van der Waals surface area contributed by atoms with Crippen LogP contribution in [-0.4, -0.2) is 41.3 Å². The molecule has 0 atom stereocenters. The van der Waals surface area contributed by atoms with E-state index in [1.54, 1.807) is 34.2 Å². The molecule has 0 unspecified atom stereocenters. The van der Waals surface area contributed by atoms with Gasteiger partial charge < -0.3 is 10.6 Å². The average Bonchev–Trinajstić information content (AvgIpc) is 3.71. The topological polar surface area (TPSA) is 120 Å². The zero-order chi connectivity index (χ0) is 31.9. The molecule has 0 saturated carbocycles. The number of carbonyl (C=O) groups is 2. The Bertz CT molecular complexity index is 1820. The first kappa shape index (κ1) is 30.1. The number of hydrogen-bond donors (Lipinski definition) is 2. The molecule has 4 heterocycles. The Morgan fingerprint density at radius 1 is 0.587 bits per heavy atom. The van der Waals surface area contributed by atoms with Crippen molar-refractivity contribution in [2.24, 2.45) is 0 Å². The van der Waals surface area contributed by atoms with E-state index in [1.165, 1.54) is 0 Å². The first-order valence-corrected chi connectivity index (χ1v) is 15.2. The highest BCUT2D eigenvalue weighted by Crippen LogP contribution is 2.23. The van der Waals surface area contributed by atoms with Crippen LogP contribution >= 0.6 is 0 Å². The van der Waals surface area contributed by atoms with E-state index >= 15 is 0 Å². The van der Waals surface area contributed by atoms with E-state index in [0.29, 0.717) is 48.7 Å². The van der Waals surface area contributed by atoms with Gasteiger partial charge in [-0.15, -0.1) is 0 Å². The van der Waals surface area contributed by atoms with Gasteiger partial charge in [0, 0.05) is 60.4 Å². The summed E-state index contributed by atoms with van der Waals surface area (Å²) in [6.45, 7) is 4.93. The van der Waals surface area contributed by atoms with Crippen LogP contribution < -0.4 is 10.6 Å². The quantitative estimate of drug-likeness (QED) is 0.156. The van der Waals surface area contributed by atoms with E-state index in [9.17, 15) is 9.59 Å². The Hall–Kier alpha value is -5.90. The third-order valence-corrected chi connectivity index (χ3v) is 7.75. The molecular formula is C36H34N8O2. The number of nitrogens with zero attached hydrogens (tertiary/aromatic N) is 6. The van der Waals surface area contributed by atoms with Crippen molar-refractivity contribution in [3.05, 3.63) is 132 Å². The fourth-order valence-electron chi connectivity index (χ4n) is 5.19. The summed E-state index contributed by atoms with van der Waals surface area (Å²) in [5.74, 6) is -0.460. The zero-order valence-corrected chi connectivity index (χ0v) is 25.7. The lowest BCUT2D eigenvalue weighted by Gasteiger charge is -2.11. The fourth-order valence-corrected chi connectivity index (χ4v) is 5.19. The number of anilines is 2. The van der Waals surface area contributed by atoms with E-state index in [2.05, 4.69) is 20.6 Å².